The van der Waals surface area contributed by atoms with Crippen LogP contribution in [0.1, 0.15) is 29.2 Å². The van der Waals surface area contributed by atoms with Crippen LogP contribution >= 0.6 is 0 Å². The van der Waals surface area contributed by atoms with E-state index >= 15 is 0 Å². The Morgan fingerprint density at radius 3 is 2.44 bits per heavy atom. The highest BCUT2D eigenvalue weighted by molar-refractivity contribution is 5.88. The lowest BCUT2D eigenvalue weighted by Crippen LogP contribution is -2.52. The van der Waals surface area contributed by atoms with Gasteiger partial charge in [0.25, 0.3) is 5.91 Å². The fourth-order valence-corrected chi connectivity index (χ4v) is 4.41. The molecular weight excluding hydrogens is 404 g/mol. The fourth-order valence-electron chi connectivity index (χ4n) is 4.41. The van der Waals surface area contributed by atoms with Gasteiger partial charge in [-0.15, -0.1) is 0 Å². The van der Waals surface area contributed by atoms with E-state index < -0.39 is 11.7 Å². The van der Waals surface area contributed by atoms with Gasteiger partial charge in [0, 0.05) is 37.9 Å². The van der Waals surface area contributed by atoms with Crippen LogP contribution in [-0.4, -0.2) is 43.1 Å². The van der Waals surface area contributed by atoms with Crippen molar-refractivity contribution >= 4 is 22.6 Å². The number of rotatable bonds is 4. The Bertz CT molecular complexity index is 1220. The molecule has 6 nitrogen and oxygen atoms in total. The highest BCUT2D eigenvalue weighted by Gasteiger charge is 2.27. The van der Waals surface area contributed by atoms with Gasteiger partial charge in [0.05, 0.1) is 5.39 Å². The number of carbonyl (C=O) groups is 1. The molecule has 0 saturated carbocycles. The van der Waals surface area contributed by atoms with Crippen LogP contribution in [0.25, 0.3) is 11.0 Å². The summed E-state index contributed by atoms with van der Waals surface area (Å²) in [5, 5.41) is 0.731. The molecule has 3 aromatic rings. The van der Waals surface area contributed by atoms with Gasteiger partial charge in [-0.05, 0) is 75.1 Å². The molecule has 1 aliphatic rings. The summed E-state index contributed by atoms with van der Waals surface area (Å²) in [6.07, 6.45) is -0.640. The largest absolute Gasteiger partial charge is 0.480 e. The van der Waals surface area contributed by atoms with Crippen LogP contribution in [0, 0.1) is 27.7 Å². The second-order valence-electron chi connectivity index (χ2n) is 8.68. The smallest absolute Gasteiger partial charge is 0.336 e. The molecule has 4 rings (SSSR count). The first-order valence-corrected chi connectivity index (χ1v) is 11.1. The fraction of sp³-hybridized carbons (Fsp3) is 0.385. The van der Waals surface area contributed by atoms with Gasteiger partial charge in [0.1, 0.15) is 11.3 Å². The van der Waals surface area contributed by atoms with E-state index in [2.05, 4.69) is 36.9 Å². The molecule has 2 heterocycles. The molecular formula is C26H30N2O4. The van der Waals surface area contributed by atoms with Gasteiger partial charge >= 0.3 is 5.63 Å². The number of carbonyl (C=O) groups excluding carboxylic acids is 1. The highest BCUT2D eigenvalue weighted by Crippen LogP contribution is 2.30. The molecule has 1 aliphatic heterocycles. The zero-order chi connectivity index (χ0) is 23.0. The minimum atomic E-state index is -0.640. The number of amides is 1. The van der Waals surface area contributed by atoms with Crippen LogP contribution in [0.5, 0.6) is 5.75 Å². The van der Waals surface area contributed by atoms with E-state index in [-0.39, 0.29) is 5.91 Å². The lowest BCUT2D eigenvalue weighted by Gasteiger charge is -2.38. The van der Waals surface area contributed by atoms with E-state index in [1.165, 1.54) is 22.9 Å². The van der Waals surface area contributed by atoms with Gasteiger partial charge in [-0.3, -0.25) is 4.79 Å². The molecule has 168 valence electrons. The second-order valence-corrected chi connectivity index (χ2v) is 8.68. The second kappa shape index (κ2) is 8.69. The van der Waals surface area contributed by atoms with Gasteiger partial charge in [0.2, 0.25) is 0 Å². The first kappa shape index (κ1) is 21.9. The van der Waals surface area contributed by atoms with Crippen LogP contribution in [0.3, 0.4) is 0 Å². The lowest BCUT2D eigenvalue weighted by molar-refractivity contribution is -0.138. The van der Waals surface area contributed by atoms with E-state index in [1.54, 1.807) is 6.92 Å². The molecule has 0 radical (unpaired) electrons. The minimum Gasteiger partial charge on any atom is -0.480 e. The van der Waals surface area contributed by atoms with Crippen molar-refractivity contribution in [3.05, 3.63) is 69.1 Å². The molecule has 0 bridgehead atoms. The number of piperazine rings is 1. The van der Waals surface area contributed by atoms with E-state index in [0.717, 1.165) is 29.6 Å². The zero-order valence-corrected chi connectivity index (χ0v) is 19.4. The van der Waals surface area contributed by atoms with Gasteiger partial charge in [0.15, 0.2) is 6.10 Å². The standard InChI is InChI=1S/C26H30N2O4/c1-16-13-22(25-18(3)15-24(29)32-23(25)14-16)31-20(5)26(30)28-11-9-27(10-12-28)21-8-6-7-17(2)19(21)4/h6-8,13-15,20H,9-12H2,1-5H3. The van der Waals surface area contributed by atoms with Crippen LogP contribution in [-0.2, 0) is 4.79 Å². The van der Waals surface area contributed by atoms with Crippen LogP contribution in [0.2, 0.25) is 0 Å². The Morgan fingerprint density at radius 2 is 1.72 bits per heavy atom. The van der Waals surface area contributed by atoms with E-state index in [4.69, 9.17) is 9.15 Å². The number of fused-ring (bicyclic) bond motifs is 1. The van der Waals surface area contributed by atoms with E-state index in [1.807, 2.05) is 30.9 Å². The maximum Gasteiger partial charge on any atom is 0.336 e. The highest BCUT2D eigenvalue weighted by atomic mass is 16.5. The summed E-state index contributed by atoms with van der Waals surface area (Å²) in [6, 6.07) is 11.5. The molecule has 6 heteroatoms. The molecule has 1 fully saturated rings. The van der Waals surface area contributed by atoms with Crippen molar-refractivity contribution in [3.8, 4) is 5.75 Å². The molecule has 32 heavy (non-hydrogen) atoms. The predicted molar refractivity (Wildman–Crippen MR) is 127 cm³/mol. The SMILES string of the molecule is Cc1cc(OC(C)C(=O)N2CCN(c3cccc(C)c3C)CC2)c2c(C)cc(=O)oc2c1. The summed E-state index contributed by atoms with van der Waals surface area (Å²) in [4.78, 5) is 29.1. The van der Waals surface area contributed by atoms with Crippen LogP contribution < -0.4 is 15.3 Å². The molecule has 1 amide bonds. The third kappa shape index (κ3) is 4.22. The van der Waals surface area contributed by atoms with Crippen molar-refractivity contribution in [1.82, 2.24) is 4.90 Å². The third-order valence-electron chi connectivity index (χ3n) is 6.31. The molecule has 1 atom stereocenters. The number of hydrogen-bond donors (Lipinski definition) is 0. The van der Waals surface area contributed by atoms with Crippen molar-refractivity contribution < 1.29 is 13.9 Å². The van der Waals surface area contributed by atoms with E-state index in [9.17, 15) is 9.59 Å². The van der Waals surface area contributed by atoms with Crippen molar-refractivity contribution in [2.24, 2.45) is 0 Å². The summed E-state index contributed by atoms with van der Waals surface area (Å²) in [7, 11) is 0. The maximum atomic E-state index is 13.1. The van der Waals surface area contributed by atoms with Crippen molar-refractivity contribution in [1.29, 1.82) is 0 Å². The normalized spacial score (nSPS) is 15.2. The average Bonchev–Trinajstić information content (AvgIpc) is 2.74. The van der Waals surface area contributed by atoms with Crippen molar-refractivity contribution in [2.75, 3.05) is 31.1 Å². The molecule has 1 aromatic heterocycles. The molecule has 0 aliphatic carbocycles. The van der Waals surface area contributed by atoms with Gasteiger partial charge in [-0.2, -0.15) is 0 Å². The first-order chi connectivity index (χ1) is 15.2. The van der Waals surface area contributed by atoms with Gasteiger partial charge in [-0.25, -0.2) is 4.79 Å². The minimum absolute atomic E-state index is 0.0321. The summed E-state index contributed by atoms with van der Waals surface area (Å²) in [5.74, 6) is 0.534. The van der Waals surface area contributed by atoms with Gasteiger partial charge in [-0.1, -0.05) is 12.1 Å². The van der Waals surface area contributed by atoms with Crippen molar-refractivity contribution in [2.45, 2.75) is 40.7 Å². The van der Waals surface area contributed by atoms with E-state index in [0.29, 0.717) is 24.4 Å². The Kier molecular flexibility index (Phi) is 5.96. The monoisotopic (exact) mass is 434 g/mol. The number of anilines is 1. The van der Waals surface area contributed by atoms with Crippen LogP contribution in [0.15, 0.2) is 45.6 Å². The topological polar surface area (TPSA) is 63.0 Å². The third-order valence-corrected chi connectivity index (χ3v) is 6.31. The van der Waals surface area contributed by atoms with Gasteiger partial charge < -0.3 is 19.0 Å². The predicted octanol–water partition coefficient (Wildman–Crippen LogP) is 4.14. The number of benzene rings is 2. The average molecular weight is 435 g/mol. The summed E-state index contributed by atoms with van der Waals surface area (Å²) < 4.78 is 11.5. The molecule has 1 unspecified atom stereocenters. The number of nitrogens with zero attached hydrogens (tertiary/aromatic N) is 2. The summed E-state index contributed by atoms with van der Waals surface area (Å²) >= 11 is 0. The quantitative estimate of drug-likeness (QED) is 0.578. The molecule has 0 N–H and O–H groups in total. The Morgan fingerprint density at radius 1 is 1.00 bits per heavy atom. The zero-order valence-electron chi connectivity index (χ0n) is 19.4. The summed E-state index contributed by atoms with van der Waals surface area (Å²) in [5.41, 5.74) is 5.57. The number of aryl methyl sites for hydroxylation is 3. The number of hydrogen-bond acceptors (Lipinski definition) is 5. The molecule has 0 spiro atoms. The Labute approximate surface area is 188 Å². The van der Waals surface area contributed by atoms with Crippen LogP contribution in [0.4, 0.5) is 5.69 Å². The molecule has 1 saturated heterocycles. The lowest BCUT2D eigenvalue weighted by atomic mass is 10.1. The van der Waals surface area contributed by atoms with Crippen molar-refractivity contribution in [3.63, 3.8) is 0 Å². The Hall–Kier alpha value is -3.28. The first-order valence-electron chi connectivity index (χ1n) is 11.1. The maximum absolute atomic E-state index is 13.1. The summed E-state index contributed by atoms with van der Waals surface area (Å²) in [6.45, 7) is 12.7. The number of ether oxygens (including phenoxy) is 1. The molecule has 2 aromatic carbocycles. The Balaban J connectivity index is 1.47.